The van der Waals surface area contributed by atoms with Crippen LogP contribution in [0, 0.1) is 0 Å². The Kier molecular flexibility index (Phi) is 3.48. The summed E-state index contributed by atoms with van der Waals surface area (Å²) in [6.45, 7) is 0. The molecule has 0 amide bonds. The normalized spacial score (nSPS) is 13.0. The zero-order valence-corrected chi connectivity index (χ0v) is 12.6. The molecule has 1 aliphatic carbocycles. The van der Waals surface area contributed by atoms with E-state index in [9.17, 15) is 14.7 Å². The first kappa shape index (κ1) is 14.4. The first-order chi connectivity index (χ1) is 10.5. The highest BCUT2D eigenvalue weighted by atomic mass is 16.4. The Balaban J connectivity index is 2.41. The molecule has 22 heavy (non-hydrogen) atoms. The highest BCUT2D eigenvalue weighted by Crippen LogP contribution is 2.36. The van der Waals surface area contributed by atoms with E-state index in [1.807, 2.05) is 18.2 Å². The molecule has 5 heteroatoms. The number of benzene rings is 1. The summed E-state index contributed by atoms with van der Waals surface area (Å²) in [5, 5.41) is 9.42. The van der Waals surface area contributed by atoms with E-state index in [0.29, 0.717) is 5.69 Å². The molecule has 1 aromatic heterocycles. The van der Waals surface area contributed by atoms with E-state index < -0.39 is 11.5 Å². The predicted molar refractivity (Wildman–Crippen MR) is 85.8 cm³/mol. The van der Waals surface area contributed by atoms with Crippen LogP contribution in [0.15, 0.2) is 29.1 Å². The molecule has 114 valence electrons. The van der Waals surface area contributed by atoms with Crippen molar-refractivity contribution in [2.24, 2.45) is 0 Å². The molecule has 0 fully saturated rings. The lowest BCUT2D eigenvalue weighted by Gasteiger charge is -2.21. The molecule has 0 atom stereocenters. The van der Waals surface area contributed by atoms with Gasteiger partial charge < -0.3 is 15.0 Å². The van der Waals surface area contributed by atoms with Crippen molar-refractivity contribution in [2.45, 2.75) is 19.3 Å². The summed E-state index contributed by atoms with van der Waals surface area (Å²) in [5.74, 6) is -1.19. The number of hydrogen-bond donors (Lipinski definition) is 2. The number of anilines is 1. The number of hydrogen-bond acceptors (Lipinski definition) is 3. The molecule has 0 spiro atoms. The number of H-pyrrole nitrogens is 1. The Morgan fingerprint density at radius 1 is 1.23 bits per heavy atom. The topological polar surface area (TPSA) is 73.4 Å². The van der Waals surface area contributed by atoms with Gasteiger partial charge in [0, 0.05) is 25.2 Å². The number of nitrogens with one attached hydrogen (secondary N) is 1. The minimum Gasteiger partial charge on any atom is -0.477 e. The fourth-order valence-electron chi connectivity index (χ4n) is 3.23. The summed E-state index contributed by atoms with van der Waals surface area (Å²) < 4.78 is 0. The molecule has 0 unspecified atom stereocenters. The maximum absolute atomic E-state index is 12.3. The van der Waals surface area contributed by atoms with Gasteiger partial charge in [-0.15, -0.1) is 0 Å². The predicted octanol–water partition coefficient (Wildman–Crippen LogP) is 2.29. The number of aromatic carboxylic acids is 1. The van der Waals surface area contributed by atoms with Crippen molar-refractivity contribution in [1.82, 2.24) is 4.98 Å². The molecule has 0 bridgehead atoms. The third kappa shape index (κ3) is 2.19. The zero-order chi connectivity index (χ0) is 15.9. The second kappa shape index (κ2) is 5.33. The zero-order valence-electron chi connectivity index (χ0n) is 12.6. The van der Waals surface area contributed by atoms with Gasteiger partial charge in [-0.25, -0.2) is 4.79 Å². The molecular weight excluding hydrogens is 280 g/mol. The lowest BCUT2D eigenvalue weighted by Crippen LogP contribution is -2.26. The molecule has 1 heterocycles. The number of carboxylic acid groups (broad SMARTS) is 1. The first-order valence-corrected chi connectivity index (χ1v) is 7.28. The molecule has 5 nitrogen and oxygen atoms in total. The number of aromatic amines is 1. The SMILES string of the molecule is CN(C)c1c2c([nH]c(=O)c1C(=O)O)-c1ccccc1CCC2. The lowest BCUT2D eigenvalue weighted by atomic mass is 9.98. The van der Waals surface area contributed by atoms with Crippen LogP contribution in [0.1, 0.15) is 27.9 Å². The third-order valence-corrected chi connectivity index (χ3v) is 4.11. The molecule has 0 saturated heterocycles. The van der Waals surface area contributed by atoms with Crippen LogP contribution in [0.4, 0.5) is 5.69 Å². The molecule has 0 aliphatic heterocycles. The minimum absolute atomic E-state index is 0.178. The number of aromatic nitrogens is 1. The van der Waals surface area contributed by atoms with Crippen LogP contribution in [-0.4, -0.2) is 30.2 Å². The average Bonchev–Trinajstić information content (AvgIpc) is 2.64. The van der Waals surface area contributed by atoms with Crippen LogP contribution < -0.4 is 10.5 Å². The standard InChI is InChI=1S/C17H18N2O3/c1-19(2)15-12-9-5-7-10-6-3-4-8-11(10)14(12)18-16(20)13(15)17(21)22/h3-4,6,8H,5,7,9H2,1-2H3,(H,18,20)(H,21,22). The van der Waals surface area contributed by atoms with Gasteiger partial charge in [0.15, 0.2) is 0 Å². The maximum Gasteiger partial charge on any atom is 0.343 e. The number of nitrogens with zero attached hydrogens (tertiary/aromatic N) is 1. The maximum atomic E-state index is 12.3. The van der Waals surface area contributed by atoms with Crippen molar-refractivity contribution in [3.05, 3.63) is 51.3 Å². The second-order valence-corrected chi connectivity index (χ2v) is 5.74. The summed E-state index contributed by atoms with van der Waals surface area (Å²) in [6.07, 6.45) is 2.59. The third-order valence-electron chi connectivity index (χ3n) is 4.11. The van der Waals surface area contributed by atoms with Gasteiger partial charge in [0.25, 0.3) is 5.56 Å². The van der Waals surface area contributed by atoms with Gasteiger partial charge in [0.1, 0.15) is 5.56 Å². The van der Waals surface area contributed by atoms with Crippen LogP contribution >= 0.6 is 0 Å². The van der Waals surface area contributed by atoms with E-state index in [0.717, 1.165) is 36.1 Å². The monoisotopic (exact) mass is 298 g/mol. The second-order valence-electron chi connectivity index (χ2n) is 5.74. The number of carbonyl (C=O) groups is 1. The van der Waals surface area contributed by atoms with E-state index in [2.05, 4.69) is 11.1 Å². The van der Waals surface area contributed by atoms with Crippen molar-refractivity contribution in [3.63, 3.8) is 0 Å². The van der Waals surface area contributed by atoms with Crippen LogP contribution in [0.3, 0.4) is 0 Å². The summed E-state index contributed by atoms with van der Waals surface area (Å²) >= 11 is 0. The van der Waals surface area contributed by atoms with Gasteiger partial charge in [-0.05, 0) is 24.8 Å². The fourth-order valence-corrected chi connectivity index (χ4v) is 3.23. The molecular formula is C17H18N2O3. The van der Waals surface area contributed by atoms with Crippen LogP contribution in [0.2, 0.25) is 0 Å². The number of fused-ring (bicyclic) bond motifs is 3. The van der Waals surface area contributed by atoms with E-state index in [1.165, 1.54) is 5.56 Å². The van der Waals surface area contributed by atoms with Crippen LogP contribution in [-0.2, 0) is 12.8 Å². The molecule has 2 aromatic rings. The summed E-state index contributed by atoms with van der Waals surface area (Å²) in [6, 6.07) is 7.96. The Labute approximate surface area is 128 Å². The molecule has 1 aromatic carbocycles. The lowest BCUT2D eigenvalue weighted by molar-refractivity contribution is 0.0695. The summed E-state index contributed by atoms with van der Waals surface area (Å²) in [5.41, 5.74) is 3.63. The number of carboxylic acids is 1. The van der Waals surface area contributed by atoms with Gasteiger partial charge in [0.05, 0.1) is 11.4 Å². The van der Waals surface area contributed by atoms with Gasteiger partial charge in [-0.2, -0.15) is 0 Å². The fraction of sp³-hybridized carbons (Fsp3) is 0.294. The van der Waals surface area contributed by atoms with Gasteiger partial charge >= 0.3 is 5.97 Å². The highest BCUT2D eigenvalue weighted by Gasteiger charge is 2.26. The molecule has 0 radical (unpaired) electrons. The molecule has 0 saturated carbocycles. The largest absolute Gasteiger partial charge is 0.477 e. The smallest absolute Gasteiger partial charge is 0.343 e. The highest BCUT2D eigenvalue weighted by molar-refractivity contribution is 5.96. The Morgan fingerprint density at radius 3 is 2.64 bits per heavy atom. The van der Waals surface area contributed by atoms with Crippen molar-refractivity contribution < 1.29 is 9.90 Å². The molecule has 1 aliphatic rings. The van der Waals surface area contributed by atoms with E-state index in [4.69, 9.17) is 0 Å². The summed E-state index contributed by atoms with van der Waals surface area (Å²) in [7, 11) is 3.55. The van der Waals surface area contributed by atoms with E-state index >= 15 is 0 Å². The van der Waals surface area contributed by atoms with Gasteiger partial charge in [-0.1, -0.05) is 24.3 Å². The summed E-state index contributed by atoms with van der Waals surface area (Å²) in [4.78, 5) is 28.4. The minimum atomic E-state index is -1.19. The van der Waals surface area contributed by atoms with Crippen LogP contribution in [0.25, 0.3) is 11.3 Å². The Hall–Kier alpha value is -2.56. The Bertz CT molecular complexity index is 806. The number of pyridine rings is 1. The van der Waals surface area contributed by atoms with E-state index in [-0.39, 0.29) is 5.56 Å². The number of aryl methyl sites for hydroxylation is 1. The molecule has 2 N–H and O–H groups in total. The van der Waals surface area contributed by atoms with E-state index in [1.54, 1.807) is 19.0 Å². The van der Waals surface area contributed by atoms with Crippen molar-refractivity contribution in [3.8, 4) is 11.3 Å². The van der Waals surface area contributed by atoms with Crippen LogP contribution in [0.5, 0.6) is 0 Å². The van der Waals surface area contributed by atoms with Gasteiger partial charge in [0.2, 0.25) is 0 Å². The van der Waals surface area contributed by atoms with Crippen molar-refractivity contribution in [1.29, 1.82) is 0 Å². The average molecular weight is 298 g/mol. The quantitative estimate of drug-likeness (QED) is 0.892. The molecule has 3 rings (SSSR count). The Morgan fingerprint density at radius 2 is 1.95 bits per heavy atom. The van der Waals surface area contributed by atoms with Gasteiger partial charge in [-0.3, -0.25) is 4.79 Å². The van der Waals surface area contributed by atoms with Crippen molar-refractivity contribution in [2.75, 3.05) is 19.0 Å². The first-order valence-electron chi connectivity index (χ1n) is 7.28. The van der Waals surface area contributed by atoms with Crippen molar-refractivity contribution >= 4 is 11.7 Å². The number of rotatable bonds is 2.